The molecule has 20 heavy (non-hydrogen) atoms. The lowest BCUT2D eigenvalue weighted by Crippen LogP contribution is -2.14. The average molecular weight is 269 g/mol. The maximum atomic E-state index is 12.0. The smallest absolute Gasteiger partial charge is 0.408 e. The van der Waals surface area contributed by atoms with Crippen LogP contribution in [0.15, 0.2) is 51.7 Å². The van der Waals surface area contributed by atoms with E-state index in [2.05, 4.69) is 0 Å². The minimum absolute atomic E-state index is 0.0558. The van der Waals surface area contributed by atoms with Gasteiger partial charge in [-0.05, 0) is 30.2 Å². The van der Waals surface area contributed by atoms with E-state index in [9.17, 15) is 9.90 Å². The van der Waals surface area contributed by atoms with Crippen LogP contribution in [0.4, 0.5) is 0 Å². The fourth-order valence-corrected chi connectivity index (χ4v) is 2.35. The molecule has 4 heteroatoms. The van der Waals surface area contributed by atoms with Gasteiger partial charge in [-0.25, -0.2) is 4.79 Å². The van der Waals surface area contributed by atoms with Gasteiger partial charge in [0.25, 0.3) is 0 Å². The monoisotopic (exact) mass is 269 g/mol. The molecular formula is C16H15NO3. The molecule has 3 aromatic rings. The molecule has 3 rings (SSSR count). The van der Waals surface area contributed by atoms with Crippen LogP contribution >= 0.6 is 0 Å². The molecule has 0 spiro atoms. The molecule has 1 N–H and O–H groups in total. The standard InChI is InChI=1S/C16H15NO3/c1-11-3-2-4-12(7-11)9-17-14-8-13(10-18)5-6-15(14)20-16(17)19/h2-8,18H,9-10H2,1H3. The molecule has 0 saturated carbocycles. The van der Waals surface area contributed by atoms with E-state index in [1.54, 1.807) is 22.8 Å². The summed E-state index contributed by atoms with van der Waals surface area (Å²) in [6, 6.07) is 13.3. The molecule has 0 bridgehead atoms. The van der Waals surface area contributed by atoms with Crippen LogP contribution in [-0.4, -0.2) is 9.67 Å². The predicted octanol–water partition coefficient (Wildman–Crippen LogP) is 2.44. The quantitative estimate of drug-likeness (QED) is 0.794. The lowest BCUT2D eigenvalue weighted by molar-refractivity contribution is 0.282. The summed E-state index contributed by atoms with van der Waals surface area (Å²) in [5.41, 5.74) is 4.21. The number of aromatic nitrogens is 1. The van der Waals surface area contributed by atoms with Crippen molar-refractivity contribution >= 4 is 11.1 Å². The first-order valence-electron chi connectivity index (χ1n) is 6.46. The van der Waals surface area contributed by atoms with Gasteiger partial charge in [0.05, 0.1) is 18.7 Å². The fraction of sp³-hybridized carbons (Fsp3) is 0.188. The van der Waals surface area contributed by atoms with E-state index in [0.29, 0.717) is 17.6 Å². The zero-order valence-electron chi connectivity index (χ0n) is 11.2. The van der Waals surface area contributed by atoms with E-state index < -0.39 is 0 Å². The molecule has 0 amide bonds. The molecule has 0 unspecified atom stereocenters. The molecule has 2 aromatic carbocycles. The molecule has 102 valence electrons. The number of benzene rings is 2. The van der Waals surface area contributed by atoms with Crippen molar-refractivity contribution < 1.29 is 9.52 Å². The van der Waals surface area contributed by atoms with Gasteiger partial charge in [-0.3, -0.25) is 4.57 Å². The zero-order valence-corrected chi connectivity index (χ0v) is 11.2. The summed E-state index contributed by atoms with van der Waals surface area (Å²) < 4.78 is 6.81. The first-order chi connectivity index (χ1) is 9.67. The minimum Gasteiger partial charge on any atom is -0.408 e. The van der Waals surface area contributed by atoms with Crippen molar-refractivity contribution in [1.82, 2.24) is 4.57 Å². The van der Waals surface area contributed by atoms with Crippen LogP contribution in [0.2, 0.25) is 0 Å². The predicted molar refractivity (Wildman–Crippen MR) is 76.7 cm³/mol. The first kappa shape index (κ1) is 12.7. The third kappa shape index (κ3) is 2.26. The van der Waals surface area contributed by atoms with Gasteiger partial charge in [-0.2, -0.15) is 0 Å². The van der Waals surface area contributed by atoms with Crippen LogP contribution in [0.5, 0.6) is 0 Å². The van der Waals surface area contributed by atoms with Crippen molar-refractivity contribution in [2.24, 2.45) is 0 Å². The van der Waals surface area contributed by atoms with Crippen molar-refractivity contribution in [3.63, 3.8) is 0 Å². The van der Waals surface area contributed by atoms with Crippen LogP contribution in [0.1, 0.15) is 16.7 Å². The molecule has 0 radical (unpaired) electrons. The zero-order chi connectivity index (χ0) is 14.1. The lowest BCUT2D eigenvalue weighted by Gasteiger charge is -2.04. The van der Waals surface area contributed by atoms with E-state index in [1.807, 2.05) is 31.2 Å². The van der Waals surface area contributed by atoms with Gasteiger partial charge in [0.2, 0.25) is 0 Å². The Morgan fingerprint density at radius 3 is 2.75 bits per heavy atom. The highest BCUT2D eigenvalue weighted by Gasteiger charge is 2.10. The summed E-state index contributed by atoms with van der Waals surface area (Å²) in [6.07, 6.45) is 0. The van der Waals surface area contributed by atoms with Crippen molar-refractivity contribution in [1.29, 1.82) is 0 Å². The van der Waals surface area contributed by atoms with Gasteiger partial charge >= 0.3 is 5.76 Å². The Bertz CT molecular complexity index is 814. The topological polar surface area (TPSA) is 55.4 Å². The Morgan fingerprint density at radius 1 is 1.15 bits per heavy atom. The number of aliphatic hydroxyl groups is 1. The Labute approximate surface area is 115 Å². The minimum atomic E-state index is -0.378. The molecule has 0 aliphatic rings. The van der Waals surface area contributed by atoms with Gasteiger partial charge in [0.15, 0.2) is 5.58 Å². The Kier molecular flexibility index (Phi) is 3.16. The number of oxazole rings is 1. The summed E-state index contributed by atoms with van der Waals surface area (Å²) in [6.45, 7) is 2.42. The highest BCUT2D eigenvalue weighted by atomic mass is 16.4. The van der Waals surface area contributed by atoms with Gasteiger partial charge in [-0.1, -0.05) is 35.9 Å². The maximum absolute atomic E-state index is 12.0. The fourth-order valence-electron chi connectivity index (χ4n) is 2.35. The second-order valence-electron chi connectivity index (χ2n) is 4.90. The third-order valence-corrected chi connectivity index (χ3v) is 3.34. The average Bonchev–Trinajstić information content (AvgIpc) is 2.74. The van der Waals surface area contributed by atoms with Crippen LogP contribution in [0, 0.1) is 6.92 Å². The van der Waals surface area contributed by atoms with Crippen LogP contribution in [0.3, 0.4) is 0 Å². The largest absolute Gasteiger partial charge is 0.420 e. The molecule has 0 fully saturated rings. The summed E-state index contributed by atoms with van der Waals surface area (Å²) in [7, 11) is 0. The van der Waals surface area contributed by atoms with Crippen molar-refractivity contribution in [2.75, 3.05) is 0 Å². The highest BCUT2D eigenvalue weighted by Crippen LogP contribution is 2.17. The van der Waals surface area contributed by atoms with Gasteiger partial charge < -0.3 is 9.52 Å². The van der Waals surface area contributed by atoms with Crippen molar-refractivity contribution in [2.45, 2.75) is 20.1 Å². The molecular weight excluding hydrogens is 254 g/mol. The summed E-state index contributed by atoms with van der Waals surface area (Å²) in [5, 5.41) is 9.20. The molecule has 0 atom stereocenters. The van der Waals surface area contributed by atoms with E-state index in [1.165, 1.54) is 0 Å². The highest BCUT2D eigenvalue weighted by molar-refractivity contribution is 5.73. The molecule has 1 aromatic heterocycles. The second-order valence-corrected chi connectivity index (χ2v) is 4.90. The maximum Gasteiger partial charge on any atom is 0.420 e. The number of hydrogen-bond acceptors (Lipinski definition) is 3. The van der Waals surface area contributed by atoms with E-state index >= 15 is 0 Å². The molecule has 0 aliphatic carbocycles. The number of nitrogens with zero attached hydrogens (tertiary/aromatic N) is 1. The normalized spacial score (nSPS) is 11.1. The Morgan fingerprint density at radius 2 is 2.00 bits per heavy atom. The number of aryl methyl sites for hydroxylation is 1. The van der Waals surface area contributed by atoms with E-state index in [0.717, 1.165) is 16.7 Å². The Balaban J connectivity index is 2.10. The van der Waals surface area contributed by atoms with Crippen LogP contribution in [0.25, 0.3) is 11.1 Å². The third-order valence-electron chi connectivity index (χ3n) is 3.34. The van der Waals surface area contributed by atoms with Gasteiger partial charge in [-0.15, -0.1) is 0 Å². The molecule has 0 aliphatic heterocycles. The Hall–Kier alpha value is -2.33. The number of hydrogen-bond donors (Lipinski definition) is 1. The molecule has 4 nitrogen and oxygen atoms in total. The van der Waals surface area contributed by atoms with Crippen LogP contribution in [-0.2, 0) is 13.2 Å². The molecule has 0 saturated heterocycles. The van der Waals surface area contributed by atoms with E-state index in [-0.39, 0.29) is 12.4 Å². The van der Waals surface area contributed by atoms with E-state index in [4.69, 9.17) is 4.42 Å². The molecule has 1 heterocycles. The second kappa shape index (κ2) is 4.98. The lowest BCUT2D eigenvalue weighted by atomic mass is 10.1. The SMILES string of the molecule is Cc1cccc(Cn2c(=O)oc3ccc(CO)cc32)c1. The number of aliphatic hydroxyl groups excluding tert-OH is 1. The van der Waals surface area contributed by atoms with Crippen molar-refractivity contribution in [3.05, 3.63) is 69.7 Å². The summed E-state index contributed by atoms with van der Waals surface area (Å²) in [4.78, 5) is 12.0. The number of rotatable bonds is 3. The first-order valence-corrected chi connectivity index (χ1v) is 6.46. The summed E-state index contributed by atoms with van der Waals surface area (Å²) in [5.74, 6) is -0.378. The number of fused-ring (bicyclic) bond motifs is 1. The van der Waals surface area contributed by atoms with Crippen LogP contribution < -0.4 is 5.76 Å². The van der Waals surface area contributed by atoms with Crippen molar-refractivity contribution in [3.8, 4) is 0 Å². The summed E-state index contributed by atoms with van der Waals surface area (Å²) >= 11 is 0. The van der Waals surface area contributed by atoms with Gasteiger partial charge in [0, 0.05) is 0 Å². The van der Waals surface area contributed by atoms with Gasteiger partial charge in [0.1, 0.15) is 0 Å².